The van der Waals surface area contributed by atoms with Crippen molar-refractivity contribution < 1.29 is 41.7 Å². The number of carbonyl (C=O) groups excluding carboxylic acids is 1. The molecule has 0 saturated heterocycles. The van der Waals surface area contributed by atoms with Gasteiger partial charge in [-0.05, 0) is 29.8 Å². The summed E-state index contributed by atoms with van der Waals surface area (Å²) in [6.07, 6.45) is 0.663. The van der Waals surface area contributed by atoms with Gasteiger partial charge < -0.3 is 38.3 Å². The van der Waals surface area contributed by atoms with Gasteiger partial charge in [-0.25, -0.2) is 9.37 Å². The van der Waals surface area contributed by atoms with Crippen molar-refractivity contribution in [3.8, 4) is 17.2 Å². The second-order valence-electron chi connectivity index (χ2n) is 8.69. The Bertz CT molecular complexity index is 1640. The summed E-state index contributed by atoms with van der Waals surface area (Å²) < 4.78 is 60.9. The molecule has 4 rings (SSSR count). The number of hydrogen-bond donors (Lipinski definition) is 2. The molecule has 0 spiro atoms. The van der Waals surface area contributed by atoms with E-state index in [4.69, 9.17) is 33.7 Å². The molecule has 224 valence electrons. The van der Waals surface area contributed by atoms with Gasteiger partial charge in [-0.3, -0.25) is 19.1 Å². The summed E-state index contributed by atoms with van der Waals surface area (Å²) in [4.78, 5) is 34.8. The molecule has 0 bridgehead atoms. The van der Waals surface area contributed by atoms with Gasteiger partial charge in [0.2, 0.25) is 5.95 Å². The van der Waals surface area contributed by atoms with Crippen molar-refractivity contribution in [2.24, 2.45) is 0 Å². The minimum absolute atomic E-state index is 0.0118. The molecule has 42 heavy (non-hydrogen) atoms. The molecule has 1 atom stereocenters. The number of methoxy groups -OCH3 is 2. The van der Waals surface area contributed by atoms with Gasteiger partial charge in [0, 0.05) is 12.6 Å². The second-order valence-corrected chi connectivity index (χ2v) is 10.7. The van der Waals surface area contributed by atoms with Crippen LogP contribution in [0.25, 0.3) is 11.2 Å². The van der Waals surface area contributed by atoms with E-state index in [-0.39, 0.29) is 55.6 Å². The Morgan fingerprint density at radius 1 is 1.10 bits per heavy atom. The lowest BCUT2D eigenvalue weighted by Gasteiger charge is -2.19. The number of aromatic amines is 1. The highest BCUT2D eigenvalue weighted by atomic mass is 31.2. The number of nitrogens with one attached hydrogen (secondary N) is 1. The van der Waals surface area contributed by atoms with Crippen molar-refractivity contribution in [3.05, 3.63) is 70.5 Å². The van der Waals surface area contributed by atoms with Gasteiger partial charge in [-0.15, -0.1) is 0 Å². The second kappa shape index (κ2) is 14.0. The van der Waals surface area contributed by atoms with Gasteiger partial charge in [-0.2, -0.15) is 4.98 Å². The predicted molar refractivity (Wildman–Crippen MR) is 148 cm³/mol. The highest BCUT2D eigenvalue weighted by Gasteiger charge is 2.26. The summed E-state index contributed by atoms with van der Waals surface area (Å²) in [5, 5.41) is 0. The SMILES string of the molecule is COc1ccc(OC(=O)CCOP(=O)(COCCn2cnc3c(=O)[nH]c(N)nc32)OCc2cccc(F)c2)cc1OC. The molecule has 0 aliphatic carbocycles. The molecule has 3 N–H and O–H groups in total. The van der Waals surface area contributed by atoms with E-state index in [0.29, 0.717) is 17.1 Å². The van der Waals surface area contributed by atoms with Gasteiger partial charge in [0.15, 0.2) is 22.7 Å². The maximum Gasteiger partial charge on any atom is 0.356 e. The van der Waals surface area contributed by atoms with Crippen molar-refractivity contribution in [2.75, 3.05) is 39.5 Å². The largest absolute Gasteiger partial charge is 0.493 e. The lowest BCUT2D eigenvalue weighted by molar-refractivity contribution is -0.134. The van der Waals surface area contributed by atoms with E-state index in [1.165, 1.54) is 50.9 Å². The number of aromatic nitrogens is 4. The molecular weight excluding hydrogens is 576 g/mol. The fourth-order valence-electron chi connectivity index (χ4n) is 3.72. The van der Waals surface area contributed by atoms with Crippen LogP contribution in [0.5, 0.6) is 17.2 Å². The molecule has 2 aromatic carbocycles. The van der Waals surface area contributed by atoms with E-state index >= 15 is 0 Å². The molecule has 0 aliphatic heterocycles. The number of hydrogen-bond acceptors (Lipinski definition) is 12. The number of fused-ring (bicyclic) bond motifs is 1. The zero-order valence-corrected chi connectivity index (χ0v) is 23.7. The van der Waals surface area contributed by atoms with Crippen LogP contribution < -0.4 is 25.5 Å². The standard InChI is InChI=1S/C26H29FN5O9P/c1-36-20-7-6-19(13-21(20)37-2)41-22(33)8-10-39-42(35,40-14-17-4-3-5-18(27)12-17)16-38-11-9-32-15-29-23-24(32)30-26(28)31-25(23)34/h3-7,12-13,15H,8-11,14,16H2,1-2H3,(H3,28,30,31,34). The van der Waals surface area contributed by atoms with Crippen LogP contribution in [0.2, 0.25) is 0 Å². The predicted octanol–water partition coefficient (Wildman–Crippen LogP) is 3.25. The molecule has 1 unspecified atom stereocenters. The number of rotatable bonds is 15. The van der Waals surface area contributed by atoms with Crippen LogP contribution in [-0.2, 0) is 36.3 Å². The summed E-state index contributed by atoms with van der Waals surface area (Å²) in [5.74, 6) is -0.149. The molecule has 14 nitrogen and oxygen atoms in total. The van der Waals surface area contributed by atoms with Crippen LogP contribution in [0.4, 0.5) is 10.3 Å². The van der Waals surface area contributed by atoms with Crippen LogP contribution in [0, 0.1) is 5.82 Å². The number of halogens is 1. The molecule has 0 aliphatic rings. The fourth-order valence-corrected chi connectivity index (χ4v) is 5.01. The molecular formula is C26H29FN5O9P. The normalized spacial score (nSPS) is 12.6. The van der Waals surface area contributed by atoms with Crippen molar-refractivity contribution in [2.45, 2.75) is 19.6 Å². The maximum absolute atomic E-state index is 13.6. The Labute approximate surface area is 239 Å². The molecule has 4 aromatic rings. The lowest BCUT2D eigenvalue weighted by Crippen LogP contribution is -2.14. The lowest BCUT2D eigenvalue weighted by atomic mass is 10.2. The third-order valence-electron chi connectivity index (χ3n) is 5.72. The highest BCUT2D eigenvalue weighted by molar-refractivity contribution is 7.53. The number of benzene rings is 2. The van der Waals surface area contributed by atoms with Crippen LogP contribution in [-0.4, -0.2) is 59.3 Å². The van der Waals surface area contributed by atoms with Crippen molar-refractivity contribution >= 4 is 30.7 Å². The fraction of sp³-hybridized carbons (Fsp3) is 0.308. The van der Waals surface area contributed by atoms with E-state index in [0.717, 1.165) is 0 Å². The molecule has 0 saturated carbocycles. The number of carbonyl (C=O) groups is 1. The van der Waals surface area contributed by atoms with Crippen molar-refractivity contribution in [1.82, 2.24) is 19.5 Å². The minimum Gasteiger partial charge on any atom is -0.493 e. The summed E-state index contributed by atoms with van der Waals surface area (Å²) in [6, 6.07) is 10.2. The van der Waals surface area contributed by atoms with E-state index in [2.05, 4.69) is 15.0 Å². The van der Waals surface area contributed by atoms with E-state index in [1.54, 1.807) is 16.7 Å². The van der Waals surface area contributed by atoms with Gasteiger partial charge in [-0.1, -0.05) is 12.1 Å². The first kappa shape index (κ1) is 30.7. The minimum atomic E-state index is -3.94. The quantitative estimate of drug-likeness (QED) is 0.0876. The molecule has 0 amide bonds. The Hall–Kier alpha value is -4.30. The van der Waals surface area contributed by atoms with E-state index in [9.17, 15) is 18.5 Å². The molecule has 2 aromatic heterocycles. The van der Waals surface area contributed by atoms with Gasteiger partial charge in [0.25, 0.3) is 5.56 Å². The van der Waals surface area contributed by atoms with Gasteiger partial charge in [0.05, 0.1) is 46.8 Å². The highest BCUT2D eigenvalue weighted by Crippen LogP contribution is 2.49. The number of nitrogens with two attached hydrogens (primary N) is 1. The summed E-state index contributed by atoms with van der Waals surface area (Å²) in [6.45, 7) is -0.341. The van der Waals surface area contributed by atoms with Crippen LogP contribution in [0.15, 0.2) is 53.6 Å². The first-order valence-electron chi connectivity index (χ1n) is 12.5. The number of esters is 1. The molecule has 16 heteroatoms. The molecule has 0 radical (unpaired) electrons. The van der Waals surface area contributed by atoms with E-state index < -0.39 is 31.3 Å². The van der Waals surface area contributed by atoms with Crippen LogP contribution in [0.3, 0.4) is 0 Å². The number of imidazole rings is 1. The maximum atomic E-state index is 13.6. The Balaban J connectivity index is 1.34. The zero-order valence-electron chi connectivity index (χ0n) is 22.8. The van der Waals surface area contributed by atoms with Gasteiger partial charge >= 0.3 is 13.6 Å². The number of ether oxygens (including phenoxy) is 4. The zero-order chi connectivity index (χ0) is 30.1. The van der Waals surface area contributed by atoms with Crippen LogP contribution >= 0.6 is 7.60 Å². The first-order valence-corrected chi connectivity index (χ1v) is 14.3. The summed E-state index contributed by atoms with van der Waals surface area (Å²) >= 11 is 0. The monoisotopic (exact) mass is 605 g/mol. The Morgan fingerprint density at radius 2 is 1.90 bits per heavy atom. The average Bonchev–Trinajstić information content (AvgIpc) is 3.37. The Morgan fingerprint density at radius 3 is 2.67 bits per heavy atom. The third-order valence-corrected chi connectivity index (χ3v) is 7.31. The summed E-state index contributed by atoms with van der Waals surface area (Å²) in [5.41, 5.74) is 5.92. The number of nitrogens with zero attached hydrogens (tertiary/aromatic N) is 3. The first-order chi connectivity index (χ1) is 20.2. The average molecular weight is 606 g/mol. The number of H-pyrrole nitrogens is 1. The van der Waals surface area contributed by atoms with Crippen LogP contribution in [0.1, 0.15) is 12.0 Å². The van der Waals surface area contributed by atoms with E-state index in [1.807, 2.05) is 0 Å². The topological polar surface area (TPSA) is 179 Å². The Kier molecular flexibility index (Phi) is 10.3. The molecule has 0 fully saturated rings. The van der Waals surface area contributed by atoms with Gasteiger partial charge in [0.1, 0.15) is 17.9 Å². The molecule has 2 heterocycles. The van der Waals surface area contributed by atoms with Crippen molar-refractivity contribution in [3.63, 3.8) is 0 Å². The van der Waals surface area contributed by atoms with Crippen molar-refractivity contribution in [1.29, 1.82) is 0 Å². The summed E-state index contributed by atoms with van der Waals surface area (Å²) in [7, 11) is -1.01. The third kappa shape index (κ3) is 8.13. The number of anilines is 1. The number of nitrogen functional groups attached to an aromatic ring is 1. The smallest absolute Gasteiger partial charge is 0.356 e.